The molecule has 1 aromatic carbocycles. The highest BCUT2D eigenvalue weighted by Crippen LogP contribution is 2.37. The Bertz CT molecular complexity index is 463. The minimum absolute atomic E-state index is 0.00910. The van der Waals surface area contributed by atoms with Crippen LogP contribution in [-0.4, -0.2) is 31.1 Å². The van der Waals surface area contributed by atoms with Gasteiger partial charge >= 0.3 is 5.69 Å². The maximum Gasteiger partial charge on any atom is 0.311 e. The summed E-state index contributed by atoms with van der Waals surface area (Å²) in [6.07, 6.45) is -2.53. The molecule has 0 aliphatic heterocycles. The van der Waals surface area contributed by atoms with Gasteiger partial charge in [-0.1, -0.05) is 11.6 Å². The summed E-state index contributed by atoms with van der Waals surface area (Å²) in [5.74, 6) is 0. The SMILES string of the molecule is O=[N+]([O-])c1c(NCCOCC(F)F)ccc(Br)c1Cl. The average molecular weight is 360 g/mol. The topological polar surface area (TPSA) is 64.4 Å². The van der Waals surface area contributed by atoms with Gasteiger partial charge in [-0.2, -0.15) is 0 Å². The number of rotatable bonds is 7. The number of nitrogens with one attached hydrogen (secondary N) is 1. The molecular weight excluding hydrogens is 349 g/mol. The van der Waals surface area contributed by atoms with Gasteiger partial charge in [0.15, 0.2) is 0 Å². The van der Waals surface area contributed by atoms with Gasteiger partial charge in [-0.3, -0.25) is 10.1 Å². The first-order valence-corrected chi connectivity index (χ1v) is 6.32. The van der Waals surface area contributed by atoms with Crippen molar-refractivity contribution in [2.75, 3.05) is 25.1 Å². The highest BCUT2D eigenvalue weighted by Gasteiger charge is 2.20. The summed E-state index contributed by atoms with van der Waals surface area (Å²) < 4.78 is 28.6. The van der Waals surface area contributed by atoms with Crippen molar-refractivity contribution in [3.8, 4) is 0 Å². The van der Waals surface area contributed by atoms with Gasteiger partial charge in [0.05, 0.1) is 11.5 Å². The average Bonchev–Trinajstić information content (AvgIpc) is 2.32. The first-order chi connectivity index (χ1) is 8.93. The van der Waals surface area contributed by atoms with E-state index in [1.165, 1.54) is 6.07 Å². The molecule has 0 aromatic heterocycles. The molecule has 1 aromatic rings. The van der Waals surface area contributed by atoms with Gasteiger partial charge < -0.3 is 10.1 Å². The van der Waals surface area contributed by atoms with Gasteiger partial charge in [-0.15, -0.1) is 0 Å². The molecule has 0 saturated heterocycles. The van der Waals surface area contributed by atoms with Crippen LogP contribution in [0, 0.1) is 10.1 Å². The Morgan fingerprint density at radius 2 is 2.21 bits per heavy atom. The molecule has 0 bridgehead atoms. The zero-order chi connectivity index (χ0) is 14.4. The van der Waals surface area contributed by atoms with Gasteiger partial charge in [-0.05, 0) is 28.1 Å². The molecule has 0 radical (unpaired) electrons. The molecule has 106 valence electrons. The third-order valence-corrected chi connectivity index (χ3v) is 3.33. The fourth-order valence-corrected chi connectivity index (χ4v) is 1.85. The first-order valence-electron chi connectivity index (χ1n) is 5.15. The van der Waals surface area contributed by atoms with Gasteiger partial charge in [-0.25, -0.2) is 8.78 Å². The van der Waals surface area contributed by atoms with E-state index < -0.39 is 18.0 Å². The van der Waals surface area contributed by atoms with E-state index in [0.29, 0.717) is 4.47 Å². The predicted molar refractivity (Wildman–Crippen MR) is 71.1 cm³/mol. The fourth-order valence-electron chi connectivity index (χ4n) is 1.29. The fraction of sp³-hybridized carbons (Fsp3) is 0.400. The lowest BCUT2D eigenvalue weighted by molar-refractivity contribution is -0.383. The standard InChI is InChI=1S/C10H10BrClF2N2O3/c11-6-1-2-7(10(9(6)12)16(17)18)15-3-4-19-5-8(13)14/h1-2,8,15H,3-5H2. The molecule has 0 fully saturated rings. The molecule has 0 heterocycles. The maximum atomic E-state index is 11.8. The lowest BCUT2D eigenvalue weighted by Crippen LogP contribution is -2.13. The number of nitro benzene ring substituents is 1. The summed E-state index contributed by atoms with van der Waals surface area (Å²) >= 11 is 8.90. The minimum Gasteiger partial charge on any atom is -0.377 e. The van der Waals surface area contributed by atoms with Crippen LogP contribution >= 0.6 is 27.5 Å². The predicted octanol–water partition coefficient (Wildman–Crippen LogP) is 3.70. The van der Waals surface area contributed by atoms with E-state index in [-0.39, 0.29) is 29.5 Å². The molecule has 1 rings (SSSR count). The number of benzene rings is 1. The Morgan fingerprint density at radius 3 is 2.79 bits per heavy atom. The molecule has 0 saturated carbocycles. The quantitative estimate of drug-likeness (QED) is 0.458. The third-order valence-electron chi connectivity index (χ3n) is 2.06. The Kier molecular flexibility index (Phi) is 6.40. The smallest absolute Gasteiger partial charge is 0.311 e. The second kappa shape index (κ2) is 7.56. The van der Waals surface area contributed by atoms with Crippen molar-refractivity contribution in [1.82, 2.24) is 0 Å². The molecule has 9 heteroatoms. The molecule has 0 amide bonds. The van der Waals surface area contributed by atoms with Gasteiger partial charge in [0.1, 0.15) is 17.3 Å². The van der Waals surface area contributed by atoms with Crippen LogP contribution in [0.5, 0.6) is 0 Å². The number of anilines is 1. The Labute approximate surface area is 121 Å². The number of ether oxygens (including phenoxy) is 1. The van der Waals surface area contributed by atoms with E-state index in [2.05, 4.69) is 26.0 Å². The summed E-state index contributed by atoms with van der Waals surface area (Å²) in [7, 11) is 0. The number of hydrogen-bond acceptors (Lipinski definition) is 4. The first kappa shape index (κ1) is 16.1. The summed E-state index contributed by atoms with van der Waals surface area (Å²) in [6.45, 7) is -0.494. The van der Waals surface area contributed by atoms with Gasteiger partial charge in [0.2, 0.25) is 0 Å². The van der Waals surface area contributed by atoms with Crippen LogP contribution in [0.25, 0.3) is 0 Å². The van der Waals surface area contributed by atoms with E-state index in [1.807, 2.05) is 0 Å². The highest BCUT2D eigenvalue weighted by molar-refractivity contribution is 9.10. The lowest BCUT2D eigenvalue weighted by atomic mass is 10.2. The number of nitro groups is 1. The van der Waals surface area contributed by atoms with Crippen LogP contribution in [0.15, 0.2) is 16.6 Å². The second-order valence-corrected chi connectivity index (χ2v) is 4.64. The van der Waals surface area contributed by atoms with E-state index in [0.717, 1.165) is 0 Å². The van der Waals surface area contributed by atoms with E-state index in [9.17, 15) is 18.9 Å². The molecular formula is C10H10BrClF2N2O3. The maximum absolute atomic E-state index is 11.8. The zero-order valence-electron chi connectivity index (χ0n) is 9.54. The van der Waals surface area contributed by atoms with Crippen molar-refractivity contribution in [1.29, 1.82) is 0 Å². The number of halogens is 4. The van der Waals surface area contributed by atoms with Crippen molar-refractivity contribution >= 4 is 38.9 Å². The number of hydrogen-bond donors (Lipinski definition) is 1. The molecule has 5 nitrogen and oxygen atoms in total. The third kappa shape index (κ3) is 4.88. The van der Waals surface area contributed by atoms with Crippen LogP contribution in [0.1, 0.15) is 0 Å². The van der Waals surface area contributed by atoms with E-state index in [4.69, 9.17) is 11.6 Å². The summed E-state index contributed by atoms with van der Waals surface area (Å²) in [4.78, 5) is 10.3. The van der Waals surface area contributed by atoms with E-state index in [1.54, 1.807) is 6.07 Å². The molecule has 0 unspecified atom stereocenters. The molecule has 0 aliphatic rings. The van der Waals surface area contributed by atoms with Crippen LogP contribution < -0.4 is 5.32 Å². The molecule has 0 aliphatic carbocycles. The number of alkyl halides is 2. The largest absolute Gasteiger partial charge is 0.377 e. The Morgan fingerprint density at radius 1 is 1.53 bits per heavy atom. The van der Waals surface area contributed by atoms with E-state index >= 15 is 0 Å². The van der Waals surface area contributed by atoms with Crippen LogP contribution in [-0.2, 0) is 4.74 Å². The molecule has 0 spiro atoms. The van der Waals surface area contributed by atoms with Gasteiger partial charge in [0.25, 0.3) is 6.43 Å². The lowest BCUT2D eigenvalue weighted by Gasteiger charge is -2.09. The van der Waals surface area contributed by atoms with Crippen LogP contribution in [0.4, 0.5) is 20.2 Å². The Hall–Kier alpha value is -0.990. The van der Waals surface area contributed by atoms with Crippen molar-refractivity contribution < 1.29 is 18.4 Å². The zero-order valence-corrected chi connectivity index (χ0v) is 11.9. The molecule has 19 heavy (non-hydrogen) atoms. The van der Waals surface area contributed by atoms with Crippen molar-refractivity contribution in [3.63, 3.8) is 0 Å². The number of nitrogens with zero attached hydrogens (tertiary/aromatic N) is 1. The second-order valence-electron chi connectivity index (χ2n) is 3.41. The van der Waals surface area contributed by atoms with Gasteiger partial charge in [0, 0.05) is 11.0 Å². The van der Waals surface area contributed by atoms with Crippen LogP contribution in [0.2, 0.25) is 5.02 Å². The molecule has 0 atom stereocenters. The molecule has 1 N–H and O–H groups in total. The highest BCUT2D eigenvalue weighted by atomic mass is 79.9. The monoisotopic (exact) mass is 358 g/mol. The summed E-state index contributed by atoms with van der Waals surface area (Å²) in [5.41, 5.74) is -0.0660. The van der Waals surface area contributed by atoms with Crippen molar-refractivity contribution in [2.45, 2.75) is 6.43 Å². The van der Waals surface area contributed by atoms with Crippen LogP contribution in [0.3, 0.4) is 0 Å². The Balaban J connectivity index is 2.63. The van der Waals surface area contributed by atoms with Crippen molar-refractivity contribution in [3.05, 3.63) is 31.7 Å². The summed E-state index contributed by atoms with van der Waals surface area (Å²) in [6, 6.07) is 3.03. The van der Waals surface area contributed by atoms with Crippen molar-refractivity contribution in [2.24, 2.45) is 0 Å². The minimum atomic E-state index is -2.53. The normalized spacial score (nSPS) is 10.8. The summed E-state index contributed by atoms with van der Waals surface area (Å²) in [5, 5.41) is 13.6.